The Morgan fingerprint density at radius 3 is 0.969 bits per heavy atom. The molecule has 0 saturated heterocycles. The summed E-state index contributed by atoms with van der Waals surface area (Å²) in [6.45, 7) is 24.7. The molecule has 10 aromatic carbocycles. The van der Waals surface area contributed by atoms with Crippen molar-refractivity contribution in [3.63, 3.8) is 0 Å². The first-order valence-corrected chi connectivity index (χ1v) is 41.9. The van der Waals surface area contributed by atoms with E-state index in [1.54, 1.807) is 11.3 Å². The molecule has 0 aliphatic heterocycles. The van der Waals surface area contributed by atoms with Gasteiger partial charge in [0.1, 0.15) is 0 Å². The van der Waals surface area contributed by atoms with Gasteiger partial charge in [0.25, 0.3) is 0 Å². The Morgan fingerprint density at radius 1 is 0.298 bits per heavy atom. The van der Waals surface area contributed by atoms with Crippen LogP contribution in [0.5, 0.6) is 0 Å². The Morgan fingerprint density at radius 2 is 0.611 bits per heavy atom. The zero-order valence-corrected chi connectivity index (χ0v) is 88.5. The Kier molecular flexibility index (Phi) is 50.6. The molecular formula is C109H100Ir5N5O10S2-5. The van der Waals surface area contributed by atoms with Crippen molar-refractivity contribution in [2.45, 2.75) is 104 Å². The largest absolute Gasteiger partial charge is 0.512 e. The number of para-hydroxylation sites is 3. The predicted octanol–water partition coefficient (Wildman–Crippen LogP) is 27.7. The first-order chi connectivity index (χ1) is 60.3. The SMILES string of the molecule is CC(=O)C=C(C)O.CC(=O)C=C(C)O.CC(=O)C=C(C)O.CC(=O)C=C(C)O.CC(=O)C=C(C)O.Cc1[c-]c(-c2ccc3ccccc3n2)cc(C)c1.Cc1[c-]c(-c2nccc3c2sc2ccccc23)cc(C)c1.Cc1cc2ccccc2nc1-c1[c-]cccc1.[Ir].[Ir].[Ir].[Ir].[Ir].[c-]1ccccc1-c1ccc2ccccc2n1.[c-]1ccccc1-c1nccc2c1sc1ccccc12. The van der Waals surface area contributed by atoms with E-state index in [0.717, 1.165) is 84.0 Å². The van der Waals surface area contributed by atoms with Crippen LogP contribution in [-0.2, 0) is 124 Å². The number of rotatable bonds is 10. The number of aromatic nitrogens is 5. The summed E-state index contributed by atoms with van der Waals surface area (Å²) >= 11 is 3.61. The van der Waals surface area contributed by atoms with Crippen molar-refractivity contribution in [1.29, 1.82) is 0 Å². The summed E-state index contributed by atoms with van der Waals surface area (Å²) in [7, 11) is 0. The van der Waals surface area contributed by atoms with Gasteiger partial charge in [0, 0.05) is 173 Å². The zero-order valence-electron chi connectivity index (χ0n) is 74.9. The van der Waals surface area contributed by atoms with Crippen molar-refractivity contribution in [2.24, 2.45) is 0 Å². The molecule has 0 spiro atoms. The number of aliphatic hydroxyl groups excluding tert-OH is 5. The van der Waals surface area contributed by atoms with Gasteiger partial charge in [-0.3, -0.25) is 38.9 Å². The number of ketones is 5. The second kappa shape index (κ2) is 58.3. The third kappa shape index (κ3) is 38.1. The summed E-state index contributed by atoms with van der Waals surface area (Å²) in [6, 6.07) is 105. The summed E-state index contributed by atoms with van der Waals surface area (Å²) in [5.74, 6) is -0.312. The van der Waals surface area contributed by atoms with Gasteiger partial charge in [-0.05, 0) is 173 Å². The second-order valence-corrected chi connectivity index (χ2v) is 31.3. The van der Waals surface area contributed by atoms with E-state index in [-0.39, 0.29) is 158 Å². The fraction of sp³-hybridized carbons (Fsp3) is 0.138. The number of allylic oxidation sites excluding steroid dienone is 10. The normalized spacial score (nSPS) is 10.6. The number of carbonyl (C=O) groups excluding carboxylic acids is 5. The molecule has 0 atom stereocenters. The molecule has 7 heterocycles. The van der Waals surface area contributed by atoms with E-state index in [9.17, 15) is 24.0 Å². The molecule has 0 fully saturated rings. The van der Waals surface area contributed by atoms with Crippen LogP contribution in [-0.4, -0.2) is 79.4 Å². The van der Waals surface area contributed by atoms with Crippen LogP contribution in [0.15, 0.2) is 332 Å². The van der Waals surface area contributed by atoms with E-state index in [1.807, 2.05) is 151 Å². The Balaban J connectivity index is 0.000000385. The predicted molar refractivity (Wildman–Crippen MR) is 520 cm³/mol. The number of hydrogen-bond donors (Lipinski definition) is 5. The molecule has 131 heavy (non-hydrogen) atoms. The summed E-state index contributed by atoms with van der Waals surface area (Å²) in [6.07, 6.45) is 9.62. The number of nitrogens with zero attached hydrogens (tertiary/aromatic N) is 5. The third-order valence-corrected chi connectivity index (χ3v) is 19.9. The summed E-state index contributed by atoms with van der Waals surface area (Å²) in [5, 5.41) is 50.5. The van der Waals surface area contributed by atoms with Crippen LogP contribution < -0.4 is 0 Å². The van der Waals surface area contributed by atoms with Gasteiger partial charge < -0.3 is 35.5 Å². The van der Waals surface area contributed by atoms with E-state index in [4.69, 9.17) is 35.5 Å². The van der Waals surface area contributed by atoms with Crippen LogP contribution in [0.4, 0.5) is 0 Å². The summed E-state index contributed by atoms with van der Waals surface area (Å²) in [5.41, 5.74) is 19.4. The fourth-order valence-electron chi connectivity index (χ4n) is 12.8. The van der Waals surface area contributed by atoms with Gasteiger partial charge in [-0.1, -0.05) is 155 Å². The van der Waals surface area contributed by atoms with E-state index in [0.29, 0.717) is 0 Å². The molecule has 17 aromatic rings. The molecule has 683 valence electrons. The standard InChI is InChI=1S/C19H14NS.C17H10NS.C17H14N.C16H12N.C15H10N.5C5H8O2.5Ir/c1-12-9-13(2)11-14(10-12)18-19-16(7-8-20-18)15-5-3-4-6-17(15)21-19;1-2-6-12(7-3-1)16-17-14(10-11-18-16)13-8-4-5-9-15(13)19-17;1-12-9-13(2)11-15(10-12)17-8-7-14-5-3-4-6-16(14)18-17;1-12-11-14-9-5-6-10-15(14)17-16(12)13-7-3-2-4-8-13;1-2-6-12(7-3-1)15-11-10-13-8-4-5-9-14(13)16-15;5*1-4(6)3-5(2)7;;;;;/h3-10H,1-2H3;1-6,8-11H;3-10H,1-2H3;2-7,9-11H,1H3;1-6,8-11H;5*3,6H,1-2H3;;;;;/q5*-1;;;;;;;;;;. The number of carbonyl (C=O) groups is 5. The van der Waals surface area contributed by atoms with Crippen molar-refractivity contribution in [2.75, 3.05) is 0 Å². The van der Waals surface area contributed by atoms with Crippen LogP contribution >= 0.6 is 22.7 Å². The Labute approximate surface area is 842 Å². The van der Waals surface area contributed by atoms with Crippen molar-refractivity contribution >= 4 is 125 Å². The van der Waals surface area contributed by atoms with Gasteiger partial charge in [-0.2, -0.15) is 0 Å². The number of thiophene rings is 2. The monoisotopic (exact) mass is 2670 g/mol. The molecule has 17 rings (SSSR count). The molecule has 22 heteroatoms. The van der Waals surface area contributed by atoms with Gasteiger partial charge in [-0.15, -0.1) is 200 Å². The average molecular weight is 2670 g/mol. The topological polar surface area (TPSA) is 251 Å². The Hall–Kier alpha value is -11.5. The van der Waals surface area contributed by atoms with E-state index < -0.39 is 0 Å². The maximum Gasteiger partial charge on any atom is 0.155 e. The molecule has 0 unspecified atom stereocenters. The number of aliphatic hydroxyl groups is 5. The molecule has 0 amide bonds. The maximum atomic E-state index is 10.0. The van der Waals surface area contributed by atoms with E-state index in [2.05, 4.69) is 213 Å². The van der Waals surface area contributed by atoms with Crippen molar-refractivity contribution in [3.05, 3.63) is 391 Å². The van der Waals surface area contributed by atoms with Crippen molar-refractivity contribution < 1.29 is 150 Å². The van der Waals surface area contributed by atoms with Gasteiger partial charge >= 0.3 is 0 Å². The molecule has 0 aliphatic rings. The van der Waals surface area contributed by atoms with Gasteiger partial charge in [0.2, 0.25) is 0 Å². The molecular weight excluding hydrogens is 2560 g/mol. The van der Waals surface area contributed by atoms with E-state index in [1.165, 1.54) is 173 Å². The molecule has 5 radical (unpaired) electrons. The first kappa shape index (κ1) is 114. The maximum absolute atomic E-state index is 10.0. The fourth-order valence-corrected chi connectivity index (χ4v) is 15.2. The zero-order chi connectivity index (χ0) is 91.4. The first-order valence-electron chi connectivity index (χ1n) is 40.2. The summed E-state index contributed by atoms with van der Waals surface area (Å²) < 4.78 is 5.11. The number of fused-ring (bicyclic) bond motifs is 9. The minimum absolute atomic E-state index is 0. The van der Waals surface area contributed by atoms with Gasteiger partial charge in [0.15, 0.2) is 28.9 Å². The third-order valence-electron chi connectivity index (χ3n) is 17.5. The number of benzene rings is 10. The molecule has 0 aliphatic carbocycles. The van der Waals surface area contributed by atoms with Gasteiger partial charge in [0.05, 0.1) is 45.3 Å². The number of aryl methyl sites for hydroxylation is 5. The minimum Gasteiger partial charge on any atom is -0.512 e. The van der Waals surface area contributed by atoms with Crippen molar-refractivity contribution in [1.82, 2.24) is 24.9 Å². The smallest absolute Gasteiger partial charge is 0.155 e. The van der Waals surface area contributed by atoms with Crippen LogP contribution in [0.3, 0.4) is 0 Å². The average Bonchev–Trinajstić information content (AvgIpc) is 1.65. The van der Waals surface area contributed by atoms with E-state index >= 15 is 0 Å². The van der Waals surface area contributed by atoms with Crippen LogP contribution in [0.2, 0.25) is 0 Å². The molecule has 0 saturated carbocycles. The second-order valence-electron chi connectivity index (χ2n) is 29.2. The van der Waals surface area contributed by atoms with Crippen molar-refractivity contribution in [3.8, 4) is 56.3 Å². The summed E-state index contributed by atoms with van der Waals surface area (Å²) in [4.78, 5) is 73.3. The Bertz CT molecular complexity index is 6580. The van der Waals surface area contributed by atoms with Crippen LogP contribution in [0.25, 0.3) is 129 Å². The minimum atomic E-state index is -0.125. The molecule has 5 N–H and O–H groups in total. The van der Waals surface area contributed by atoms with Crippen LogP contribution in [0, 0.1) is 65.0 Å². The molecule has 7 aromatic heterocycles. The molecule has 15 nitrogen and oxygen atoms in total. The quantitative estimate of drug-likeness (QED) is 0.0485. The molecule has 0 bridgehead atoms. The van der Waals surface area contributed by atoms with Gasteiger partial charge in [-0.25, -0.2) is 0 Å². The number of hydrogen-bond acceptors (Lipinski definition) is 17. The number of pyridine rings is 5. The van der Waals surface area contributed by atoms with Crippen LogP contribution in [0.1, 0.15) is 97.1 Å².